The summed E-state index contributed by atoms with van der Waals surface area (Å²) in [6.45, 7) is 5.56. The highest BCUT2D eigenvalue weighted by atomic mass is 16.6. The number of hydrogen-bond acceptors (Lipinski definition) is 8. The van der Waals surface area contributed by atoms with E-state index in [-0.39, 0.29) is 11.6 Å². The van der Waals surface area contributed by atoms with Crippen molar-refractivity contribution in [1.29, 1.82) is 0 Å². The Balaban J connectivity index is 1.17. The normalized spacial score (nSPS) is 39.6. The summed E-state index contributed by atoms with van der Waals surface area (Å²) < 4.78 is 18.0. The van der Waals surface area contributed by atoms with E-state index in [1.807, 2.05) is 0 Å². The summed E-state index contributed by atoms with van der Waals surface area (Å²) in [5.41, 5.74) is 8.10. The number of rotatable bonds is 5. The Morgan fingerprint density at radius 3 is 2.70 bits per heavy atom. The summed E-state index contributed by atoms with van der Waals surface area (Å²) in [6, 6.07) is 2.85. The van der Waals surface area contributed by atoms with E-state index in [9.17, 15) is 0 Å². The van der Waals surface area contributed by atoms with E-state index in [1.54, 1.807) is 6.33 Å². The van der Waals surface area contributed by atoms with Gasteiger partial charge in [0.2, 0.25) is 0 Å². The maximum Gasteiger partial charge on any atom is 0.132 e. The van der Waals surface area contributed by atoms with Crippen LogP contribution in [0.2, 0.25) is 0 Å². The minimum Gasteiger partial charge on any atom is -0.375 e. The number of hydrogen-bond donors (Lipinski definition) is 2. The fourth-order valence-corrected chi connectivity index (χ4v) is 5.96. The van der Waals surface area contributed by atoms with Crippen LogP contribution < -0.4 is 15.8 Å². The highest BCUT2D eigenvalue weighted by Crippen LogP contribution is 2.41. The Bertz CT molecular complexity index is 757. The van der Waals surface area contributed by atoms with E-state index in [2.05, 4.69) is 38.7 Å². The van der Waals surface area contributed by atoms with Crippen molar-refractivity contribution in [2.45, 2.75) is 81.4 Å². The minimum absolute atomic E-state index is 0.0514. The minimum atomic E-state index is -0.0514. The molecule has 8 nitrogen and oxygen atoms in total. The molecule has 2 bridgehead atoms. The first-order valence-corrected chi connectivity index (χ1v) is 11.7. The molecule has 1 aromatic rings. The number of nitrogens with zero attached hydrogens (tertiary/aromatic N) is 3. The molecule has 6 unspecified atom stereocenters. The first-order chi connectivity index (χ1) is 14.7. The van der Waals surface area contributed by atoms with E-state index in [0.717, 1.165) is 63.5 Å². The number of aromatic nitrogens is 2. The lowest BCUT2D eigenvalue weighted by atomic mass is 9.79. The molecule has 1 aliphatic carbocycles. The van der Waals surface area contributed by atoms with Crippen molar-refractivity contribution in [2.24, 2.45) is 5.92 Å². The van der Waals surface area contributed by atoms with Gasteiger partial charge >= 0.3 is 0 Å². The highest BCUT2D eigenvalue weighted by Gasteiger charge is 2.46. The van der Waals surface area contributed by atoms with E-state index < -0.39 is 0 Å². The van der Waals surface area contributed by atoms with Gasteiger partial charge in [-0.1, -0.05) is 6.92 Å². The average Bonchev–Trinajstić information content (AvgIpc) is 3.32. The second kappa shape index (κ2) is 7.67. The fraction of sp³-hybridized carbons (Fsp3) is 0.818. The van der Waals surface area contributed by atoms with Gasteiger partial charge in [0.1, 0.15) is 17.7 Å². The van der Waals surface area contributed by atoms with E-state index in [4.69, 9.17) is 14.2 Å². The number of anilines is 1. The zero-order chi connectivity index (χ0) is 20.1. The molecule has 5 heterocycles. The van der Waals surface area contributed by atoms with Crippen LogP contribution in [0.3, 0.4) is 0 Å². The molecule has 5 fully saturated rings. The van der Waals surface area contributed by atoms with Crippen molar-refractivity contribution >= 4 is 5.82 Å². The quantitative estimate of drug-likeness (QED) is 0.753. The van der Waals surface area contributed by atoms with Crippen LogP contribution >= 0.6 is 0 Å². The van der Waals surface area contributed by atoms with E-state index >= 15 is 0 Å². The molecule has 1 aromatic heterocycles. The lowest BCUT2D eigenvalue weighted by molar-refractivity contribution is -0.238. The van der Waals surface area contributed by atoms with Crippen LogP contribution in [-0.2, 0) is 14.2 Å². The van der Waals surface area contributed by atoms with Crippen molar-refractivity contribution in [1.82, 2.24) is 20.8 Å². The largest absolute Gasteiger partial charge is 0.375 e. The third-order valence-corrected chi connectivity index (χ3v) is 7.86. The van der Waals surface area contributed by atoms with Gasteiger partial charge < -0.3 is 19.1 Å². The van der Waals surface area contributed by atoms with Crippen molar-refractivity contribution in [3.05, 3.63) is 18.1 Å². The molecule has 2 N–H and O–H groups in total. The maximum absolute atomic E-state index is 6.57. The lowest BCUT2D eigenvalue weighted by Gasteiger charge is -2.45. The number of fused-ring (bicyclic) bond motifs is 3. The van der Waals surface area contributed by atoms with Gasteiger partial charge in [0.05, 0.1) is 43.3 Å². The van der Waals surface area contributed by atoms with Gasteiger partial charge in [0.25, 0.3) is 0 Å². The molecule has 5 aliphatic rings. The molecule has 1 saturated carbocycles. The monoisotopic (exact) mass is 415 g/mol. The standard InChI is InChI=1S/C22H33N5O3/c1-2-22(11-28-12-22)30-14-5-6-18-17(7-14)21(26-25-18)19-8-20(24-13-23-19)27-9-15-3-4-16(10-27)29-15/h8,13-18,21,25-26H,2-7,9-12H2,1H3. The number of ether oxygens (including phenoxy) is 3. The summed E-state index contributed by atoms with van der Waals surface area (Å²) in [7, 11) is 0. The Kier molecular flexibility index (Phi) is 4.95. The van der Waals surface area contributed by atoms with Crippen LogP contribution in [0, 0.1) is 5.92 Å². The molecular weight excluding hydrogens is 382 g/mol. The van der Waals surface area contributed by atoms with Crippen LogP contribution in [0.15, 0.2) is 12.4 Å². The molecule has 0 aromatic carbocycles. The third kappa shape index (κ3) is 3.42. The second-order valence-corrected chi connectivity index (χ2v) is 9.78. The highest BCUT2D eigenvalue weighted by molar-refractivity contribution is 5.41. The topological polar surface area (TPSA) is 80.8 Å². The van der Waals surface area contributed by atoms with Gasteiger partial charge in [0.15, 0.2) is 0 Å². The molecule has 4 aliphatic heterocycles. The zero-order valence-electron chi connectivity index (χ0n) is 17.8. The zero-order valence-corrected chi connectivity index (χ0v) is 17.8. The van der Waals surface area contributed by atoms with Gasteiger partial charge in [-0.05, 0) is 38.5 Å². The van der Waals surface area contributed by atoms with Gasteiger partial charge in [-0.25, -0.2) is 15.4 Å². The van der Waals surface area contributed by atoms with Gasteiger partial charge in [-0.3, -0.25) is 5.43 Å². The predicted octanol–water partition coefficient (Wildman–Crippen LogP) is 1.73. The Labute approximate surface area is 178 Å². The molecule has 6 atom stereocenters. The molecule has 0 radical (unpaired) electrons. The summed E-state index contributed by atoms with van der Waals surface area (Å²) in [4.78, 5) is 11.7. The van der Waals surface area contributed by atoms with Gasteiger partial charge in [-0.15, -0.1) is 0 Å². The van der Waals surface area contributed by atoms with Crippen LogP contribution in [-0.4, -0.2) is 66.2 Å². The van der Waals surface area contributed by atoms with E-state index in [0.29, 0.717) is 30.3 Å². The SMILES string of the molecule is CCC1(OC2CCC3NNC(c4cc(N5CC6CCC(C5)O6)ncn4)C3C2)COC1. The summed E-state index contributed by atoms with van der Waals surface area (Å²) in [5, 5.41) is 0. The number of hydrazine groups is 1. The molecule has 6 rings (SSSR count). The van der Waals surface area contributed by atoms with Crippen molar-refractivity contribution in [3.8, 4) is 0 Å². The third-order valence-electron chi connectivity index (χ3n) is 7.86. The number of morpholine rings is 1. The van der Waals surface area contributed by atoms with Crippen molar-refractivity contribution in [2.75, 3.05) is 31.2 Å². The molecule has 0 amide bonds. The summed E-state index contributed by atoms with van der Waals surface area (Å²) in [6.07, 6.45) is 9.39. The fourth-order valence-electron chi connectivity index (χ4n) is 5.96. The Hall–Kier alpha value is -1.32. The molecule has 8 heteroatoms. The lowest BCUT2D eigenvalue weighted by Crippen LogP contribution is -2.54. The maximum atomic E-state index is 6.57. The van der Waals surface area contributed by atoms with Gasteiger partial charge in [0, 0.05) is 31.1 Å². The van der Waals surface area contributed by atoms with Crippen LogP contribution in [0.5, 0.6) is 0 Å². The molecule has 4 saturated heterocycles. The second-order valence-electron chi connectivity index (χ2n) is 9.78. The van der Waals surface area contributed by atoms with Crippen LogP contribution in [0.25, 0.3) is 0 Å². The summed E-state index contributed by atoms with van der Waals surface area (Å²) >= 11 is 0. The Morgan fingerprint density at radius 1 is 1.13 bits per heavy atom. The number of nitrogens with one attached hydrogen (secondary N) is 2. The van der Waals surface area contributed by atoms with Crippen LogP contribution in [0.4, 0.5) is 5.82 Å². The first-order valence-electron chi connectivity index (χ1n) is 11.7. The van der Waals surface area contributed by atoms with Crippen molar-refractivity contribution in [3.63, 3.8) is 0 Å². The van der Waals surface area contributed by atoms with Crippen molar-refractivity contribution < 1.29 is 14.2 Å². The average molecular weight is 416 g/mol. The summed E-state index contributed by atoms with van der Waals surface area (Å²) in [5.74, 6) is 1.51. The van der Waals surface area contributed by atoms with Gasteiger partial charge in [-0.2, -0.15) is 0 Å². The predicted molar refractivity (Wildman–Crippen MR) is 111 cm³/mol. The van der Waals surface area contributed by atoms with E-state index in [1.165, 1.54) is 12.8 Å². The molecular formula is C22H33N5O3. The first kappa shape index (κ1) is 19.4. The smallest absolute Gasteiger partial charge is 0.132 e. The Morgan fingerprint density at radius 2 is 1.97 bits per heavy atom. The molecule has 30 heavy (non-hydrogen) atoms. The van der Waals surface area contributed by atoms with Crippen LogP contribution in [0.1, 0.15) is 57.2 Å². The molecule has 0 spiro atoms. The molecule has 164 valence electrons.